The number of nitrogens with two attached hydrogens (primary N) is 1. The average Bonchev–Trinajstić information content (AvgIpc) is 2.24. The van der Waals surface area contributed by atoms with Gasteiger partial charge < -0.3 is 16.2 Å². The number of amides is 1. The summed E-state index contributed by atoms with van der Waals surface area (Å²) < 4.78 is 0. The Morgan fingerprint density at radius 1 is 1.56 bits per heavy atom. The highest BCUT2D eigenvalue weighted by atomic mass is 16.4. The molecule has 0 rings (SSSR count). The van der Waals surface area contributed by atoms with Gasteiger partial charge in [-0.3, -0.25) is 9.59 Å². The number of carbonyl (C=O) groups is 2. The van der Waals surface area contributed by atoms with E-state index in [2.05, 4.69) is 5.32 Å². The molecule has 0 saturated carbocycles. The van der Waals surface area contributed by atoms with E-state index >= 15 is 0 Å². The summed E-state index contributed by atoms with van der Waals surface area (Å²) in [6, 6.07) is 0.919. The molecule has 0 fully saturated rings. The molecule has 6 nitrogen and oxygen atoms in total. The van der Waals surface area contributed by atoms with Gasteiger partial charge in [0.25, 0.3) is 0 Å². The van der Waals surface area contributed by atoms with Gasteiger partial charge in [0.05, 0.1) is 18.5 Å². The number of nitrogens with zero attached hydrogens (tertiary/aromatic N) is 1. The molecule has 0 spiro atoms. The van der Waals surface area contributed by atoms with Crippen LogP contribution in [0.2, 0.25) is 0 Å². The van der Waals surface area contributed by atoms with Crippen LogP contribution >= 0.6 is 0 Å². The largest absolute Gasteiger partial charge is 0.481 e. The third-order valence-corrected chi connectivity index (χ3v) is 2.18. The standard InChI is InChI=1S/C10H17N3O3/c1-2-7(5-6-11)13-10(16)8(12)3-4-9(14)15/h7-8H,2-5,12H2,1H3,(H,13,16)(H,14,15). The number of aliphatic carboxylic acids is 1. The normalized spacial score (nSPS) is 13.6. The van der Waals surface area contributed by atoms with Crippen LogP contribution in [0.5, 0.6) is 0 Å². The number of carboxylic acids is 1. The number of rotatable bonds is 7. The second-order valence-electron chi connectivity index (χ2n) is 3.51. The van der Waals surface area contributed by atoms with Crippen molar-refractivity contribution in [1.82, 2.24) is 5.32 Å². The van der Waals surface area contributed by atoms with Crippen molar-refractivity contribution in [3.05, 3.63) is 0 Å². The van der Waals surface area contributed by atoms with Gasteiger partial charge in [-0.15, -0.1) is 0 Å². The first-order chi connectivity index (χ1) is 7.51. The van der Waals surface area contributed by atoms with Gasteiger partial charge in [0.2, 0.25) is 5.91 Å². The summed E-state index contributed by atoms with van der Waals surface area (Å²) in [5, 5.41) is 19.5. The predicted octanol–water partition coefficient (Wildman–Crippen LogP) is -0.0130. The minimum absolute atomic E-state index is 0.101. The monoisotopic (exact) mass is 227 g/mol. The van der Waals surface area contributed by atoms with Crippen LogP contribution in [0.25, 0.3) is 0 Å². The lowest BCUT2D eigenvalue weighted by molar-refractivity contribution is -0.137. The van der Waals surface area contributed by atoms with Crippen LogP contribution in [-0.4, -0.2) is 29.1 Å². The van der Waals surface area contributed by atoms with Gasteiger partial charge in [-0.2, -0.15) is 5.26 Å². The second-order valence-corrected chi connectivity index (χ2v) is 3.51. The highest BCUT2D eigenvalue weighted by Gasteiger charge is 2.17. The van der Waals surface area contributed by atoms with Crippen LogP contribution in [0, 0.1) is 11.3 Å². The van der Waals surface area contributed by atoms with E-state index in [4.69, 9.17) is 16.1 Å². The highest BCUT2D eigenvalue weighted by Crippen LogP contribution is 1.99. The maximum absolute atomic E-state index is 11.5. The van der Waals surface area contributed by atoms with Crippen molar-refractivity contribution in [2.45, 2.75) is 44.7 Å². The third-order valence-electron chi connectivity index (χ3n) is 2.18. The fraction of sp³-hybridized carbons (Fsp3) is 0.700. The van der Waals surface area contributed by atoms with Crippen molar-refractivity contribution < 1.29 is 14.7 Å². The number of nitriles is 1. The highest BCUT2D eigenvalue weighted by molar-refractivity contribution is 5.82. The summed E-state index contributed by atoms with van der Waals surface area (Å²) in [5.41, 5.74) is 5.51. The summed E-state index contributed by atoms with van der Waals surface area (Å²) in [5.74, 6) is -1.38. The molecule has 0 heterocycles. The smallest absolute Gasteiger partial charge is 0.303 e. The van der Waals surface area contributed by atoms with Crippen molar-refractivity contribution in [2.75, 3.05) is 0 Å². The molecule has 1 amide bonds. The molecule has 16 heavy (non-hydrogen) atoms. The van der Waals surface area contributed by atoms with Crippen molar-refractivity contribution >= 4 is 11.9 Å². The van der Waals surface area contributed by atoms with Crippen LogP contribution in [0.15, 0.2) is 0 Å². The first kappa shape index (κ1) is 14.4. The predicted molar refractivity (Wildman–Crippen MR) is 57.3 cm³/mol. The molecular formula is C10H17N3O3. The Kier molecular flexibility index (Phi) is 6.88. The van der Waals surface area contributed by atoms with Gasteiger partial charge in [-0.25, -0.2) is 0 Å². The molecule has 0 aromatic heterocycles. The molecule has 0 bridgehead atoms. The number of hydrogen-bond donors (Lipinski definition) is 3. The molecule has 0 radical (unpaired) electrons. The van der Waals surface area contributed by atoms with Gasteiger partial charge in [-0.1, -0.05) is 6.92 Å². The van der Waals surface area contributed by atoms with Gasteiger partial charge in [0.1, 0.15) is 0 Å². The molecule has 6 heteroatoms. The molecule has 2 unspecified atom stereocenters. The zero-order valence-electron chi connectivity index (χ0n) is 9.27. The Labute approximate surface area is 94.4 Å². The lowest BCUT2D eigenvalue weighted by Crippen LogP contribution is -2.45. The summed E-state index contributed by atoms with van der Waals surface area (Å²) in [7, 11) is 0. The van der Waals surface area contributed by atoms with Crippen LogP contribution in [0.1, 0.15) is 32.6 Å². The number of hydrogen-bond acceptors (Lipinski definition) is 4. The molecule has 0 aromatic carbocycles. The maximum atomic E-state index is 11.5. The van der Waals surface area contributed by atoms with Crippen molar-refractivity contribution in [3.8, 4) is 6.07 Å². The fourth-order valence-electron chi connectivity index (χ4n) is 1.13. The van der Waals surface area contributed by atoms with E-state index in [9.17, 15) is 9.59 Å². The molecule has 4 N–H and O–H groups in total. The number of nitrogens with one attached hydrogen (secondary N) is 1. The quantitative estimate of drug-likeness (QED) is 0.565. The summed E-state index contributed by atoms with van der Waals surface area (Å²) in [4.78, 5) is 21.7. The van der Waals surface area contributed by atoms with Crippen molar-refractivity contribution in [3.63, 3.8) is 0 Å². The minimum atomic E-state index is -0.979. The molecule has 0 aromatic rings. The third kappa shape index (κ3) is 5.98. The van der Waals surface area contributed by atoms with Gasteiger partial charge >= 0.3 is 5.97 Å². The van der Waals surface area contributed by atoms with Crippen LogP contribution in [-0.2, 0) is 9.59 Å². The van der Waals surface area contributed by atoms with Crippen LogP contribution in [0.4, 0.5) is 0 Å². The van der Waals surface area contributed by atoms with E-state index in [1.807, 2.05) is 13.0 Å². The second kappa shape index (κ2) is 7.65. The Hall–Kier alpha value is -1.61. The minimum Gasteiger partial charge on any atom is -0.481 e. The van der Waals surface area contributed by atoms with Gasteiger partial charge in [-0.05, 0) is 12.8 Å². The molecule has 0 aliphatic heterocycles. The summed E-state index contributed by atoms with van der Waals surface area (Å²) in [6.07, 6.45) is 0.840. The molecule has 2 atom stereocenters. The van der Waals surface area contributed by atoms with E-state index in [0.29, 0.717) is 6.42 Å². The lowest BCUT2D eigenvalue weighted by Gasteiger charge is -2.16. The van der Waals surface area contributed by atoms with Crippen molar-refractivity contribution in [2.24, 2.45) is 5.73 Å². The number of carbonyl (C=O) groups excluding carboxylic acids is 1. The molecule has 90 valence electrons. The summed E-state index contributed by atoms with van der Waals surface area (Å²) >= 11 is 0. The van der Waals surface area contributed by atoms with Gasteiger partial charge in [0.15, 0.2) is 0 Å². The van der Waals surface area contributed by atoms with E-state index < -0.39 is 17.9 Å². The van der Waals surface area contributed by atoms with E-state index in [0.717, 1.165) is 0 Å². The molecular weight excluding hydrogens is 210 g/mol. The van der Waals surface area contributed by atoms with E-state index in [-0.39, 0.29) is 25.3 Å². The Bertz CT molecular complexity index is 286. The molecule has 0 aliphatic rings. The Morgan fingerprint density at radius 3 is 2.62 bits per heavy atom. The van der Waals surface area contributed by atoms with Gasteiger partial charge in [0, 0.05) is 12.5 Å². The van der Waals surface area contributed by atoms with E-state index in [1.54, 1.807) is 0 Å². The van der Waals surface area contributed by atoms with Crippen LogP contribution in [0.3, 0.4) is 0 Å². The first-order valence-electron chi connectivity index (χ1n) is 5.16. The average molecular weight is 227 g/mol. The van der Waals surface area contributed by atoms with Crippen molar-refractivity contribution in [1.29, 1.82) is 5.26 Å². The lowest BCUT2D eigenvalue weighted by atomic mass is 10.1. The first-order valence-corrected chi connectivity index (χ1v) is 5.16. The van der Waals surface area contributed by atoms with Crippen LogP contribution < -0.4 is 11.1 Å². The number of carboxylic acid groups (broad SMARTS) is 1. The Balaban J connectivity index is 4.03. The Morgan fingerprint density at radius 2 is 2.19 bits per heavy atom. The van der Waals surface area contributed by atoms with E-state index in [1.165, 1.54) is 0 Å². The maximum Gasteiger partial charge on any atom is 0.303 e. The zero-order chi connectivity index (χ0) is 12.6. The fourth-order valence-corrected chi connectivity index (χ4v) is 1.13. The summed E-state index contributed by atoms with van der Waals surface area (Å²) in [6.45, 7) is 1.85. The zero-order valence-corrected chi connectivity index (χ0v) is 9.27. The SMILES string of the molecule is CCC(CC#N)NC(=O)C(N)CCC(=O)O. The topological polar surface area (TPSA) is 116 Å². The molecule has 0 saturated heterocycles. The molecule has 0 aliphatic carbocycles.